The van der Waals surface area contributed by atoms with Gasteiger partial charge in [0.05, 0.1) is 23.4 Å². The highest BCUT2D eigenvalue weighted by Crippen LogP contribution is 2.39. The van der Waals surface area contributed by atoms with Gasteiger partial charge in [-0.1, -0.05) is 30.3 Å². The van der Waals surface area contributed by atoms with Crippen molar-refractivity contribution >= 4 is 29.0 Å². The van der Waals surface area contributed by atoms with E-state index in [4.69, 9.17) is 0 Å². The number of aromatic nitrogens is 2. The summed E-state index contributed by atoms with van der Waals surface area (Å²) in [5.74, 6) is -0.271. The Kier molecular flexibility index (Phi) is 6.25. The Labute approximate surface area is 208 Å². The second-order valence-electron chi connectivity index (χ2n) is 8.97. The van der Waals surface area contributed by atoms with Crippen molar-refractivity contribution in [2.45, 2.75) is 25.8 Å². The largest absolute Gasteiger partial charge is 0.356 e. The summed E-state index contributed by atoms with van der Waals surface area (Å²) in [6.45, 7) is 2.02. The number of hydrogen-bond acceptors (Lipinski definition) is 4. The monoisotopic (exact) mass is 483 g/mol. The van der Waals surface area contributed by atoms with Crippen LogP contribution >= 0.6 is 0 Å². The van der Waals surface area contributed by atoms with E-state index in [2.05, 4.69) is 20.6 Å². The molecule has 0 bridgehead atoms. The van der Waals surface area contributed by atoms with Crippen LogP contribution in [-0.4, -0.2) is 39.8 Å². The summed E-state index contributed by atoms with van der Waals surface area (Å²) in [7, 11) is 1.82. The van der Waals surface area contributed by atoms with Gasteiger partial charge < -0.3 is 20.5 Å². The topological polar surface area (TPSA) is 90.1 Å². The van der Waals surface area contributed by atoms with E-state index >= 15 is 0 Å². The van der Waals surface area contributed by atoms with Crippen LogP contribution in [0.25, 0.3) is 11.3 Å². The third-order valence-corrected chi connectivity index (χ3v) is 6.41. The standard InChI is InChI=1S/C28H26FN5O2/c1-17-14-22-25(28(36)34(17)2)27(31-21-6-4-3-5-7-21)26(32-22)19-12-13-30-23(16-19)33-24(35)15-18-8-10-20(29)11-9-18/h3-13,16-17,31-32H,14-15H2,1-2H3,(H,30,33,35)/t17-/m0/s1. The van der Waals surface area contributed by atoms with Gasteiger partial charge >= 0.3 is 0 Å². The van der Waals surface area contributed by atoms with E-state index in [0.29, 0.717) is 29.1 Å². The SMILES string of the molecule is C[C@H]1Cc2[nH]c(-c3ccnc(NC(=O)Cc4ccc(F)cc4)c3)c(Nc3ccccc3)c2C(=O)N1C. The van der Waals surface area contributed by atoms with E-state index in [-0.39, 0.29) is 30.1 Å². The van der Waals surface area contributed by atoms with Crippen molar-refractivity contribution in [1.29, 1.82) is 0 Å². The number of halogens is 1. The van der Waals surface area contributed by atoms with Crippen LogP contribution in [0.3, 0.4) is 0 Å². The fourth-order valence-corrected chi connectivity index (χ4v) is 4.39. The molecule has 3 N–H and O–H groups in total. The molecule has 2 amide bonds. The molecular weight excluding hydrogens is 457 g/mol. The Balaban J connectivity index is 1.47. The third-order valence-electron chi connectivity index (χ3n) is 6.41. The molecule has 0 spiro atoms. The maximum atomic E-state index is 13.3. The fourth-order valence-electron chi connectivity index (χ4n) is 4.39. The number of benzene rings is 2. The second-order valence-corrected chi connectivity index (χ2v) is 8.97. The number of pyridine rings is 1. The molecule has 0 aliphatic carbocycles. The molecule has 0 unspecified atom stereocenters. The molecule has 8 heteroatoms. The molecule has 182 valence electrons. The molecule has 0 saturated carbocycles. The van der Waals surface area contributed by atoms with Gasteiger partial charge in [0, 0.05) is 42.7 Å². The minimum atomic E-state index is -0.346. The summed E-state index contributed by atoms with van der Waals surface area (Å²) in [6.07, 6.45) is 2.42. The van der Waals surface area contributed by atoms with Crippen LogP contribution in [0.15, 0.2) is 72.9 Å². The fraction of sp³-hybridized carbons (Fsp3) is 0.179. The Hall–Kier alpha value is -4.46. The van der Waals surface area contributed by atoms with Crippen LogP contribution in [0.1, 0.15) is 28.5 Å². The lowest BCUT2D eigenvalue weighted by Crippen LogP contribution is -2.41. The van der Waals surface area contributed by atoms with Crippen LogP contribution in [0, 0.1) is 5.82 Å². The lowest BCUT2D eigenvalue weighted by molar-refractivity contribution is -0.115. The zero-order chi connectivity index (χ0) is 25.2. The van der Waals surface area contributed by atoms with E-state index in [0.717, 1.165) is 22.6 Å². The van der Waals surface area contributed by atoms with Crippen molar-refractivity contribution in [3.05, 3.63) is 95.6 Å². The van der Waals surface area contributed by atoms with Gasteiger partial charge in [-0.05, 0) is 48.9 Å². The minimum absolute atomic E-state index is 0.0495. The van der Waals surface area contributed by atoms with Gasteiger partial charge in [0.15, 0.2) is 0 Å². The lowest BCUT2D eigenvalue weighted by Gasteiger charge is -2.30. The van der Waals surface area contributed by atoms with Crippen molar-refractivity contribution in [3.8, 4) is 11.3 Å². The Morgan fingerprint density at radius 1 is 1.14 bits per heavy atom. The highest BCUT2D eigenvalue weighted by Gasteiger charge is 2.33. The van der Waals surface area contributed by atoms with Crippen LogP contribution < -0.4 is 10.6 Å². The second kappa shape index (κ2) is 9.65. The number of para-hydroxylation sites is 1. The molecule has 7 nitrogen and oxygen atoms in total. The van der Waals surface area contributed by atoms with E-state index in [1.165, 1.54) is 12.1 Å². The molecule has 2 aromatic heterocycles. The van der Waals surface area contributed by atoms with Gasteiger partial charge in [-0.3, -0.25) is 9.59 Å². The molecule has 1 atom stereocenters. The Bertz CT molecular complexity index is 1420. The number of aromatic amines is 1. The van der Waals surface area contributed by atoms with Gasteiger partial charge in [0.25, 0.3) is 5.91 Å². The predicted molar refractivity (Wildman–Crippen MR) is 138 cm³/mol. The summed E-state index contributed by atoms with van der Waals surface area (Å²) in [5.41, 5.74) is 5.26. The summed E-state index contributed by atoms with van der Waals surface area (Å²) in [6, 6.07) is 19.2. The number of amides is 2. The zero-order valence-electron chi connectivity index (χ0n) is 20.0. The molecule has 5 rings (SSSR count). The molecular formula is C28H26FN5O2. The van der Waals surface area contributed by atoms with Crippen molar-refractivity contribution in [2.24, 2.45) is 0 Å². The summed E-state index contributed by atoms with van der Waals surface area (Å²) in [4.78, 5) is 35.4. The van der Waals surface area contributed by atoms with Gasteiger partial charge in [-0.2, -0.15) is 0 Å². The van der Waals surface area contributed by atoms with Gasteiger partial charge in [0.2, 0.25) is 5.91 Å². The number of carbonyl (C=O) groups is 2. The zero-order valence-corrected chi connectivity index (χ0v) is 20.0. The Morgan fingerprint density at radius 2 is 1.89 bits per heavy atom. The number of fused-ring (bicyclic) bond motifs is 1. The van der Waals surface area contributed by atoms with E-state index in [1.54, 1.807) is 29.3 Å². The number of nitrogens with one attached hydrogen (secondary N) is 3. The van der Waals surface area contributed by atoms with Gasteiger partial charge in [-0.15, -0.1) is 0 Å². The first kappa shape index (κ1) is 23.3. The van der Waals surface area contributed by atoms with E-state index in [1.807, 2.05) is 50.4 Å². The number of anilines is 3. The van der Waals surface area contributed by atoms with Gasteiger partial charge in [-0.25, -0.2) is 9.37 Å². The predicted octanol–water partition coefficient (Wildman–Crippen LogP) is 5.16. The maximum Gasteiger partial charge on any atom is 0.257 e. The summed E-state index contributed by atoms with van der Waals surface area (Å²) >= 11 is 0. The number of hydrogen-bond donors (Lipinski definition) is 3. The van der Waals surface area contributed by atoms with Gasteiger partial charge in [0.1, 0.15) is 11.6 Å². The van der Waals surface area contributed by atoms with Crippen LogP contribution in [0.2, 0.25) is 0 Å². The molecule has 2 aromatic carbocycles. The maximum absolute atomic E-state index is 13.3. The number of rotatable bonds is 6. The highest BCUT2D eigenvalue weighted by molar-refractivity contribution is 6.06. The molecule has 3 heterocycles. The van der Waals surface area contributed by atoms with Crippen LogP contribution in [0.4, 0.5) is 21.6 Å². The smallest absolute Gasteiger partial charge is 0.257 e. The number of nitrogens with zero attached hydrogens (tertiary/aromatic N) is 2. The molecule has 4 aromatic rings. The first-order chi connectivity index (χ1) is 17.4. The molecule has 1 aliphatic rings. The third kappa shape index (κ3) is 4.70. The molecule has 0 radical (unpaired) electrons. The lowest BCUT2D eigenvalue weighted by atomic mass is 9.99. The normalized spacial score (nSPS) is 14.9. The first-order valence-electron chi connectivity index (χ1n) is 11.7. The molecule has 0 fully saturated rings. The molecule has 1 aliphatic heterocycles. The number of carbonyl (C=O) groups excluding carboxylic acids is 2. The van der Waals surface area contributed by atoms with Crippen molar-refractivity contribution < 1.29 is 14.0 Å². The van der Waals surface area contributed by atoms with Crippen molar-refractivity contribution in [2.75, 3.05) is 17.7 Å². The first-order valence-corrected chi connectivity index (χ1v) is 11.7. The van der Waals surface area contributed by atoms with Crippen LogP contribution in [-0.2, 0) is 17.6 Å². The minimum Gasteiger partial charge on any atom is -0.356 e. The Morgan fingerprint density at radius 3 is 2.64 bits per heavy atom. The van der Waals surface area contributed by atoms with E-state index in [9.17, 15) is 14.0 Å². The molecule has 36 heavy (non-hydrogen) atoms. The van der Waals surface area contributed by atoms with Crippen molar-refractivity contribution in [3.63, 3.8) is 0 Å². The molecule has 0 saturated heterocycles. The quantitative estimate of drug-likeness (QED) is 0.354. The summed E-state index contributed by atoms with van der Waals surface area (Å²) in [5, 5.41) is 6.24. The average molecular weight is 484 g/mol. The highest BCUT2D eigenvalue weighted by atomic mass is 19.1. The van der Waals surface area contributed by atoms with Crippen molar-refractivity contribution in [1.82, 2.24) is 14.9 Å². The average Bonchev–Trinajstić information content (AvgIpc) is 3.22. The number of H-pyrrole nitrogens is 1. The summed E-state index contributed by atoms with van der Waals surface area (Å²) < 4.78 is 13.2. The van der Waals surface area contributed by atoms with Crippen LogP contribution in [0.5, 0.6) is 0 Å². The van der Waals surface area contributed by atoms with E-state index < -0.39 is 0 Å². The number of likely N-dealkylation sites (N-methyl/N-ethyl adjacent to an activating group) is 1.